The molecule has 0 saturated carbocycles. The van der Waals surface area contributed by atoms with Gasteiger partial charge in [-0.3, -0.25) is 0 Å². The van der Waals surface area contributed by atoms with Gasteiger partial charge in [-0.05, 0) is 18.6 Å². The third kappa shape index (κ3) is 2.74. The van der Waals surface area contributed by atoms with Crippen LogP contribution in [0.2, 0.25) is 0 Å². The van der Waals surface area contributed by atoms with Crippen LogP contribution in [0.1, 0.15) is 12.6 Å². The first-order chi connectivity index (χ1) is 9.86. The summed E-state index contributed by atoms with van der Waals surface area (Å²) in [4.78, 5) is 13.4. The quantitative estimate of drug-likeness (QED) is 0.855. The zero-order valence-corrected chi connectivity index (χ0v) is 11.9. The molecule has 2 aromatic rings. The Bertz CT molecular complexity index is 547. The third-order valence-electron chi connectivity index (χ3n) is 3.80. The molecule has 4 heteroatoms. The van der Waals surface area contributed by atoms with Crippen LogP contribution in [0.4, 0.5) is 11.5 Å². The minimum absolute atomic E-state index is 0.958. The molecule has 1 fully saturated rings. The minimum atomic E-state index is 0.958. The van der Waals surface area contributed by atoms with Crippen LogP contribution in [0.3, 0.4) is 0 Å². The molecule has 0 aliphatic carbocycles. The summed E-state index contributed by atoms with van der Waals surface area (Å²) in [7, 11) is 0. The van der Waals surface area contributed by atoms with Crippen LogP contribution in [-0.2, 0) is 6.42 Å². The Morgan fingerprint density at radius 3 is 2.35 bits per heavy atom. The standard InChI is InChI=1S/C16H20N4/c1-2-14-12-16(18-13-17-14)20-10-8-19(9-11-20)15-6-4-3-5-7-15/h3-7,12-13H,2,8-11H2,1H3. The Labute approximate surface area is 120 Å². The zero-order chi connectivity index (χ0) is 13.8. The molecule has 0 spiro atoms. The molecule has 2 heterocycles. The molecule has 0 amide bonds. The molecular formula is C16H20N4. The van der Waals surface area contributed by atoms with Gasteiger partial charge >= 0.3 is 0 Å². The third-order valence-corrected chi connectivity index (χ3v) is 3.80. The minimum Gasteiger partial charge on any atom is -0.368 e. The lowest BCUT2D eigenvalue weighted by Crippen LogP contribution is -2.46. The van der Waals surface area contributed by atoms with E-state index < -0.39 is 0 Å². The van der Waals surface area contributed by atoms with Gasteiger partial charge in [-0.15, -0.1) is 0 Å². The van der Waals surface area contributed by atoms with Crippen molar-refractivity contribution in [2.45, 2.75) is 13.3 Å². The number of para-hydroxylation sites is 1. The summed E-state index contributed by atoms with van der Waals surface area (Å²) in [6, 6.07) is 12.7. The van der Waals surface area contributed by atoms with Gasteiger partial charge in [0.1, 0.15) is 12.1 Å². The van der Waals surface area contributed by atoms with Crippen LogP contribution in [0.5, 0.6) is 0 Å². The van der Waals surface area contributed by atoms with Crippen molar-refractivity contribution in [2.75, 3.05) is 36.0 Å². The molecule has 0 unspecified atom stereocenters. The molecule has 1 aromatic carbocycles. The summed E-state index contributed by atoms with van der Waals surface area (Å²) in [5.74, 6) is 1.06. The highest BCUT2D eigenvalue weighted by Crippen LogP contribution is 2.19. The van der Waals surface area contributed by atoms with Gasteiger partial charge in [-0.1, -0.05) is 25.1 Å². The van der Waals surface area contributed by atoms with E-state index in [9.17, 15) is 0 Å². The highest BCUT2D eigenvalue weighted by molar-refractivity contribution is 5.49. The Balaban J connectivity index is 1.66. The molecule has 20 heavy (non-hydrogen) atoms. The monoisotopic (exact) mass is 268 g/mol. The van der Waals surface area contributed by atoms with Crippen LogP contribution < -0.4 is 9.80 Å². The molecule has 0 bridgehead atoms. The van der Waals surface area contributed by atoms with Gasteiger partial charge < -0.3 is 9.80 Å². The first kappa shape index (κ1) is 12.9. The molecule has 1 aliphatic heterocycles. The van der Waals surface area contributed by atoms with E-state index in [2.05, 4.69) is 63.1 Å². The summed E-state index contributed by atoms with van der Waals surface area (Å²) in [5, 5.41) is 0. The molecule has 3 rings (SSSR count). The highest BCUT2D eigenvalue weighted by atomic mass is 15.3. The fourth-order valence-electron chi connectivity index (χ4n) is 2.58. The summed E-state index contributed by atoms with van der Waals surface area (Å²) in [5.41, 5.74) is 2.42. The molecular weight excluding hydrogens is 248 g/mol. The lowest BCUT2D eigenvalue weighted by molar-refractivity contribution is 0.646. The SMILES string of the molecule is CCc1cc(N2CCN(c3ccccc3)CC2)ncn1. The molecule has 0 radical (unpaired) electrons. The zero-order valence-electron chi connectivity index (χ0n) is 11.9. The number of benzene rings is 1. The van der Waals surface area contributed by atoms with Crippen LogP contribution in [0, 0.1) is 0 Å². The lowest BCUT2D eigenvalue weighted by atomic mass is 10.2. The van der Waals surface area contributed by atoms with E-state index in [0.29, 0.717) is 0 Å². The summed E-state index contributed by atoms with van der Waals surface area (Å²) < 4.78 is 0. The van der Waals surface area contributed by atoms with Crippen LogP contribution in [-0.4, -0.2) is 36.1 Å². The highest BCUT2D eigenvalue weighted by Gasteiger charge is 2.18. The van der Waals surface area contributed by atoms with Gasteiger partial charge in [0.2, 0.25) is 0 Å². The predicted molar refractivity (Wildman–Crippen MR) is 82.3 cm³/mol. The predicted octanol–water partition coefficient (Wildman–Crippen LogP) is 2.37. The van der Waals surface area contributed by atoms with Crippen LogP contribution in [0.25, 0.3) is 0 Å². The Morgan fingerprint density at radius 2 is 1.65 bits per heavy atom. The number of piperazine rings is 1. The van der Waals surface area contributed by atoms with E-state index in [1.807, 2.05) is 0 Å². The van der Waals surface area contributed by atoms with Crippen molar-refractivity contribution >= 4 is 11.5 Å². The number of rotatable bonds is 3. The van der Waals surface area contributed by atoms with E-state index >= 15 is 0 Å². The van der Waals surface area contributed by atoms with E-state index in [4.69, 9.17) is 0 Å². The number of nitrogens with zero attached hydrogens (tertiary/aromatic N) is 4. The van der Waals surface area contributed by atoms with E-state index in [1.54, 1.807) is 6.33 Å². The normalized spacial score (nSPS) is 15.4. The maximum atomic E-state index is 4.41. The molecule has 4 nitrogen and oxygen atoms in total. The second-order valence-corrected chi connectivity index (χ2v) is 5.03. The molecule has 1 aliphatic rings. The van der Waals surface area contributed by atoms with E-state index in [-0.39, 0.29) is 0 Å². The maximum Gasteiger partial charge on any atom is 0.132 e. The van der Waals surface area contributed by atoms with E-state index in [0.717, 1.165) is 44.1 Å². The number of hydrogen-bond donors (Lipinski definition) is 0. The molecule has 1 saturated heterocycles. The van der Waals surface area contributed by atoms with Crippen molar-refractivity contribution in [2.24, 2.45) is 0 Å². The number of anilines is 2. The number of aromatic nitrogens is 2. The average molecular weight is 268 g/mol. The van der Waals surface area contributed by atoms with Gasteiger partial charge in [0.15, 0.2) is 0 Å². The summed E-state index contributed by atoms with van der Waals surface area (Å²) >= 11 is 0. The van der Waals surface area contributed by atoms with Gasteiger partial charge in [0.25, 0.3) is 0 Å². The van der Waals surface area contributed by atoms with Crippen LogP contribution in [0.15, 0.2) is 42.7 Å². The topological polar surface area (TPSA) is 32.3 Å². The molecule has 104 valence electrons. The second-order valence-electron chi connectivity index (χ2n) is 5.03. The lowest BCUT2D eigenvalue weighted by Gasteiger charge is -2.36. The van der Waals surface area contributed by atoms with Gasteiger partial charge in [0.05, 0.1) is 0 Å². The van der Waals surface area contributed by atoms with Crippen LogP contribution >= 0.6 is 0 Å². The van der Waals surface area contributed by atoms with Crippen molar-refractivity contribution in [1.82, 2.24) is 9.97 Å². The first-order valence-electron chi connectivity index (χ1n) is 7.22. The fourth-order valence-corrected chi connectivity index (χ4v) is 2.58. The molecule has 1 aromatic heterocycles. The number of aryl methyl sites for hydroxylation is 1. The van der Waals surface area contributed by atoms with Gasteiger partial charge in [-0.2, -0.15) is 0 Å². The van der Waals surface area contributed by atoms with Crippen molar-refractivity contribution in [3.8, 4) is 0 Å². The van der Waals surface area contributed by atoms with E-state index in [1.165, 1.54) is 5.69 Å². The summed E-state index contributed by atoms with van der Waals surface area (Å²) in [6.07, 6.45) is 2.64. The van der Waals surface area contributed by atoms with Gasteiger partial charge in [-0.25, -0.2) is 9.97 Å². The van der Waals surface area contributed by atoms with Crippen molar-refractivity contribution in [3.05, 3.63) is 48.4 Å². The van der Waals surface area contributed by atoms with Crippen molar-refractivity contribution in [1.29, 1.82) is 0 Å². The maximum absolute atomic E-state index is 4.41. The van der Waals surface area contributed by atoms with Gasteiger partial charge in [0, 0.05) is 43.6 Å². The smallest absolute Gasteiger partial charge is 0.132 e. The first-order valence-corrected chi connectivity index (χ1v) is 7.22. The van der Waals surface area contributed by atoms with Crippen molar-refractivity contribution in [3.63, 3.8) is 0 Å². The Morgan fingerprint density at radius 1 is 0.950 bits per heavy atom. The fraction of sp³-hybridized carbons (Fsp3) is 0.375. The Kier molecular flexibility index (Phi) is 3.81. The largest absolute Gasteiger partial charge is 0.368 e. The van der Waals surface area contributed by atoms with Crippen molar-refractivity contribution < 1.29 is 0 Å². The molecule has 0 N–H and O–H groups in total. The summed E-state index contributed by atoms with van der Waals surface area (Å²) in [6.45, 7) is 6.22. The second kappa shape index (κ2) is 5.90. The number of hydrogen-bond acceptors (Lipinski definition) is 4. The Hall–Kier alpha value is -2.10. The average Bonchev–Trinajstić information content (AvgIpc) is 2.56. The molecule has 0 atom stereocenters.